The first kappa shape index (κ1) is 20.1. The van der Waals surface area contributed by atoms with Gasteiger partial charge in [-0.2, -0.15) is 0 Å². The number of carbonyl (C=O) groups excluding carboxylic acids is 1. The smallest absolute Gasteiger partial charge is 0.220 e. The zero-order valence-electron chi connectivity index (χ0n) is 15.1. The maximum absolute atomic E-state index is 12.2. The minimum absolute atomic E-state index is 0. The Balaban J connectivity index is 0.00000225. The highest BCUT2D eigenvalue weighted by Crippen LogP contribution is 2.24. The molecule has 2 aliphatic rings. The topological polar surface area (TPSA) is 50.4 Å². The summed E-state index contributed by atoms with van der Waals surface area (Å²) in [4.78, 5) is 12.2. The standard InChI is InChI=1S/C20H30N2O2.ClH/c1-15-13-17(11-12-21-15)22-20(23)10-9-16-5-4-8-19(14-16)24-18-6-2-3-7-18;/h4-5,8,14-15,17-18,21H,2-3,6-7,9-13H2,1H3,(H,22,23);1H. The van der Waals surface area contributed by atoms with Crippen LogP contribution in [0.3, 0.4) is 0 Å². The summed E-state index contributed by atoms with van der Waals surface area (Å²) in [6.45, 7) is 3.17. The Morgan fingerprint density at radius 3 is 2.84 bits per heavy atom. The van der Waals surface area contributed by atoms with E-state index in [0.29, 0.717) is 24.6 Å². The van der Waals surface area contributed by atoms with E-state index in [1.165, 1.54) is 31.2 Å². The zero-order chi connectivity index (χ0) is 16.8. The highest BCUT2D eigenvalue weighted by molar-refractivity contribution is 5.85. The van der Waals surface area contributed by atoms with Crippen LogP contribution in [-0.2, 0) is 11.2 Å². The van der Waals surface area contributed by atoms with E-state index < -0.39 is 0 Å². The summed E-state index contributed by atoms with van der Waals surface area (Å²) >= 11 is 0. The van der Waals surface area contributed by atoms with Crippen molar-refractivity contribution in [2.24, 2.45) is 0 Å². The van der Waals surface area contributed by atoms with E-state index in [2.05, 4.69) is 29.7 Å². The molecule has 1 saturated carbocycles. The predicted molar refractivity (Wildman–Crippen MR) is 104 cm³/mol. The molecule has 0 spiro atoms. The Kier molecular flexibility index (Phi) is 8.04. The minimum atomic E-state index is 0. The fraction of sp³-hybridized carbons (Fsp3) is 0.650. The average molecular weight is 367 g/mol. The van der Waals surface area contributed by atoms with Gasteiger partial charge in [-0.15, -0.1) is 12.4 Å². The SMILES string of the molecule is CC1CC(NC(=O)CCc2cccc(OC3CCCC3)c2)CCN1.Cl. The number of piperidine rings is 1. The summed E-state index contributed by atoms with van der Waals surface area (Å²) in [6.07, 6.45) is 8.64. The molecule has 0 bridgehead atoms. The Morgan fingerprint density at radius 2 is 2.08 bits per heavy atom. The van der Waals surface area contributed by atoms with E-state index in [9.17, 15) is 4.79 Å². The van der Waals surface area contributed by atoms with Crippen LogP contribution in [0.5, 0.6) is 5.75 Å². The van der Waals surface area contributed by atoms with Crippen molar-refractivity contribution in [3.8, 4) is 5.75 Å². The van der Waals surface area contributed by atoms with Crippen LogP contribution in [-0.4, -0.2) is 30.6 Å². The number of nitrogens with one attached hydrogen (secondary N) is 2. The van der Waals surface area contributed by atoms with Gasteiger partial charge in [0.05, 0.1) is 6.10 Å². The van der Waals surface area contributed by atoms with Crippen LogP contribution in [0, 0.1) is 0 Å². The van der Waals surface area contributed by atoms with Gasteiger partial charge in [0.25, 0.3) is 0 Å². The third kappa shape index (κ3) is 6.52. The first-order chi connectivity index (χ1) is 11.7. The lowest BCUT2D eigenvalue weighted by molar-refractivity contribution is -0.122. The molecular weight excluding hydrogens is 336 g/mol. The van der Waals surface area contributed by atoms with Crippen molar-refractivity contribution in [3.05, 3.63) is 29.8 Å². The van der Waals surface area contributed by atoms with Crippen LogP contribution < -0.4 is 15.4 Å². The average Bonchev–Trinajstić information content (AvgIpc) is 3.06. The fourth-order valence-corrected chi connectivity index (χ4v) is 3.79. The van der Waals surface area contributed by atoms with Crippen LogP contribution in [0.25, 0.3) is 0 Å². The normalized spacial score (nSPS) is 23.7. The molecule has 1 aliphatic carbocycles. The first-order valence-corrected chi connectivity index (χ1v) is 9.47. The minimum Gasteiger partial charge on any atom is -0.490 e. The maximum Gasteiger partial charge on any atom is 0.220 e. The zero-order valence-corrected chi connectivity index (χ0v) is 15.9. The van der Waals surface area contributed by atoms with E-state index in [-0.39, 0.29) is 18.3 Å². The number of rotatable bonds is 6. The Labute approximate surface area is 157 Å². The molecule has 2 N–H and O–H groups in total. The highest BCUT2D eigenvalue weighted by Gasteiger charge is 2.20. The molecule has 1 aromatic carbocycles. The third-order valence-electron chi connectivity index (χ3n) is 5.13. The lowest BCUT2D eigenvalue weighted by Gasteiger charge is -2.28. The molecule has 5 heteroatoms. The van der Waals surface area contributed by atoms with E-state index in [0.717, 1.165) is 31.6 Å². The van der Waals surface area contributed by atoms with E-state index in [1.54, 1.807) is 0 Å². The van der Waals surface area contributed by atoms with Gasteiger partial charge < -0.3 is 15.4 Å². The number of aryl methyl sites for hydroxylation is 1. The number of hydrogen-bond acceptors (Lipinski definition) is 3. The number of hydrogen-bond donors (Lipinski definition) is 2. The van der Waals surface area contributed by atoms with E-state index in [1.807, 2.05) is 12.1 Å². The number of halogens is 1. The second-order valence-electron chi connectivity index (χ2n) is 7.32. The van der Waals surface area contributed by atoms with E-state index >= 15 is 0 Å². The van der Waals surface area contributed by atoms with Gasteiger partial charge in [0, 0.05) is 18.5 Å². The Bertz CT molecular complexity index is 546. The highest BCUT2D eigenvalue weighted by atomic mass is 35.5. The molecule has 140 valence electrons. The molecule has 2 atom stereocenters. The van der Waals surface area contributed by atoms with Gasteiger partial charge in [-0.3, -0.25) is 4.79 Å². The van der Waals surface area contributed by atoms with Crippen molar-refractivity contribution in [1.82, 2.24) is 10.6 Å². The number of benzene rings is 1. The van der Waals surface area contributed by atoms with Crippen molar-refractivity contribution in [3.63, 3.8) is 0 Å². The second kappa shape index (κ2) is 10.0. The van der Waals surface area contributed by atoms with Crippen LogP contribution >= 0.6 is 12.4 Å². The van der Waals surface area contributed by atoms with Crippen LogP contribution in [0.1, 0.15) is 57.4 Å². The van der Waals surface area contributed by atoms with Crippen molar-refractivity contribution in [2.45, 2.75) is 76.5 Å². The molecule has 1 heterocycles. The molecule has 2 fully saturated rings. The quantitative estimate of drug-likeness (QED) is 0.808. The maximum atomic E-state index is 12.2. The number of amides is 1. The molecule has 3 rings (SSSR count). The van der Waals surface area contributed by atoms with Crippen LogP contribution in [0.4, 0.5) is 0 Å². The lowest BCUT2D eigenvalue weighted by Crippen LogP contribution is -2.46. The fourth-order valence-electron chi connectivity index (χ4n) is 3.79. The van der Waals surface area contributed by atoms with Crippen molar-refractivity contribution >= 4 is 18.3 Å². The summed E-state index contributed by atoms with van der Waals surface area (Å²) < 4.78 is 6.05. The lowest BCUT2D eigenvalue weighted by atomic mass is 10.0. The molecule has 4 nitrogen and oxygen atoms in total. The summed E-state index contributed by atoms with van der Waals surface area (Å²) in [5.41, 5.74) is 1.18. The van der Waals surface area contributed by atoms with Crippen molar-refractivity contribution in [1.29, 1.82) is 0 Å². The van der Waals surface area contributed by atoms with Crippen molar-refractivity contribution in [2.75, 3.05) is 6.54 Å². The predicted octanol–water partition coefficient (Wildman–Crippen LogP) is 3.62. The molecule has 0 aromatic heterocycles. The Hall–Kier alpha value is -1.26. The molecule has 0 radical (unpaired) electrons. The van der Waals surface area contributed by atoms with Crippen molar-refractivity contribution < 1.29 is 9.53 Å². The summed E-state index contributed by atoms with van der Waals surface area (Å²) in [6, 6.07) is 9.06. The molecule has 1 aliphatic heterocycles. The molecule has 1 aromatic rings. The van der Waals surface area contributed by atoms with E-state index in [4.69, 9.17) is 4.74 Å². The van der Waals surface area contributed by atoms with Crippen LogP contribution in [0.15, 0.2) is 24.3 Å². The van der Waals surface area contributed by atoms with Gasteiger partial charge in [0.1, 0.15) is 5.75 Å². The van der Waals surface area contributed by atoms with Gasteiger partial charge >= 0.3 is 0 Å². The third-order valence-corrected chi connectivity index (χ3v) is 5.13. The van der Waals surface area contributed by atoms with Gasteiger partial charge in [-0.05, 0) is 76.1 Å². The van der Waals surface area contributed by atoms with Gasteiger partial charge in [0.15, 0.2) is 0 Å². The monoisotopic (exact) mass is 366 g/mol. The molecule has 1 amide bonds. The number of ether oxygens (including phenoxy) is 1. The second-order valence-corrected chi connectivity index (χ2v) is 7.32. The van der Waals surface area contributed by atoms with Gasteiger partial charge in [0.2, 0.25) is 5.91 Å². The first-order valence-electron chi connectivity index (χ1n) is 9.47. The summed E-state index contributed by atoms with van der Waals surface area (Å²) in [5, 5.41) is 6.60. The summed E-state index contributed by atoms with van der Waals surface area (Å²) in [7, 11) is 0. The van der Waals surface area contributed by atoms with Gasteiger partial charge in [-0.1, -0.05) is 12.1 Å². The molecular formula is C20H31ClN2O2. The largest absolute Gasteiger partial charge is 0.490 e. The molecule has 25 heavy (non-hydrogen) atoms. The van der Waals surface area contributed by atoms with Crippen LogP contribution in [0.2, 0.25) is 0 Å². The number of carbonyl (C=O) groups is 1. The van der Waals surface area contributed by atoms with Gasteiger partial charge in [-0.25, -0.2) is 0 Å². The summed E-state index contributed by atoms with van der Waals surface area (Å²) in [5.74, 6) is 1.11. The Morgan fingerprint density at radius 1 is 1.28 bits per heavy atom. The molecule has 1 saturated heterocycles. The molecule has 2 unspecified atom stereocenters.